The number of ketones is 1. The molecule has 1 saturated carbocycles. The van der Waals surface area contributed by atoms with Gasteiger partial charge in [-0.3, -0.25) is 9.69 Å². The van der Waals surface area contributed by atoms with Gasteiger partial charge in [-0.15, -0.1) is 0 Å². The number of fused-ring (bicyclic) bond motifs is 1. The lowest BCUT2D eigenvalue weighted by Crippen LogP contribution is -2.52. The molecule has 2 heteroatoms. The molecule has 0 aromatic rings. The van der Waals surface area contributed by atoms with Gasteiger partial charge in [0.1, 0.15) is 5.78 Å². The second-order valence-electron chi connectivity index (χ2n) is 5.27. The maximum Gasteiger partial charge on any atom is 0.133 e. The summed E-state index contributed by atoms with van der Waals surface area (Å²) in [6.07, 6.45) is 6.60. The molecule has 2 rings (SSSR count). The zero-order valence-corrected chi connectivity index (χ0v) is 10.0. The Morgan fingerprint density at radius 3 is 2.87 bits per heavy atom. The maximum atomic E-state index is 11.4. The second kappa shape index (κ2) is 4.65. The first-order valence-electron chi connectivity index (χ1n) is 6.49. The monoisotopic (exact) mass is 209 g/mol. The van der Waals surface area contributed by atoms with Crippen molar-refractivity contribution >= 4 is 5.78 Å². The molecule has 0 radical (unpaired) electrons. The highest BCUT2D eigenvalue weighted by Crippen LogP contribution is 2.36. The van der Waals surface area contributed by atoms with Crippen LogP contribution in [0.3, 0.4) is 0 Å². The van der Waals surface area contributed by atoms with Gasteiger partial charge >= 0.3 is 0 Å². The number of hydrogen-bond donors (Lipinski definition) is 0. The minimum Gasteiger partial charge on any atom is -0.300 e. The number of rotatable bonds is 2. The van der Waals surface area contributed by atoms with Crippen molar-refractivity contribution in [2.45, 2.75) is 64.5 Å². The number of piperidine rings is 1. The zero-order chi connectivity index (χ0) is 10.8. The number of likely N-dealkylation sites (tertiary alicyclic amines) is 1. The summed E-state index contributed by atoms with van der Waals surface area (Å²) in [4.78, 5) is 14.1. The van der Waals surface area contributed by atoms with Gasteiger partial charge < -0.3 is 0 Å². The van der Waals surface area contributed by atoms with Crippen LogP contribution in [-0.4, -0.2) is 29.3 Å². The Morgan fingerprint density at radius 2 is 2.13 bits per heavy atom. The first-order valence-corrected chi connectivity index (χ1v) is 6.49. The predicted molar refractivity (Wildman–Crippen MR) is 61.8 cm³/mol. The largest absolute Gasteiger partial charge is 0.300 e. The van der Waals surface area contributed by atoms with Gasteiger partial charge in [-0.2, -0.15) is 0 Å². The van der Waals surface area contributed by atoms with E-state index in [1.54, 1.807) is 0 Å². The third-order valence-electron chi connectivity index (χ3n) is 4.18. The average molecular weight is 209 g/mol. The molecule has 3 atom stereocenters. The molecule has 3 unspecified atom stereocenters. The van der Waals surface area contributed by atoms with Crippen molar-refractivity contribution in [2.75, 3.05) is 6.54 Å². The van der Waals surface area contributed by atoms with Gasteiger partial charge in [0, 0.05) is 24.9 Å². The number of hydrogen-bond acceptors (Lipinski definition) is 2. The predicted octanol–water partition coefficient (Wildman–Crippen LogP) is 2.62. The van der Waals surface area contributed by atoms with Gasteiger partial charge in [0.2, 0.25) is 0 Å². The van der Waals surface area contributed by atoms with Gasteiger partial charge in [0.25, 0.3) is 0 Å². The topological polar surface area (TPSA) is 20.3 Å². The van der Waals surface area contributed by atoms with E-state index in [-0.39, 0.29) is 0 Å². The number of nitrogens with zero attached hydrogens (tertiary/aromatic N) is 1. The van der Waals surface area contributed by atoms with Crippen molar-refractivity contribution in [3.8, 4) is 0 Å². The normalized spacial score (nSPS) is 37.7. The van der Waals surface area contributed by atoms with Crippen LogP contribution in [0, 0.1) is 5.92 Å². The van der Waals surface area contributed by atoms with Crippen molar-refractivity contribution in [2.24, 2.45) is 5.92 Å². The first kappa shape index (κ1) is 11.1. The van der Waals surface area contributed by atoms with Gasteiger partial charge in [-0.1, -0.05) is 6.92 Å². The quantitative estimate of drug-likeness (QED) is 0.697. The molecule has 0 aromatic heterocycles. The summed E-state index contributed by atoms with van der Waals surface area (Å²) in [6, 6.07) is 1.45. The fourth-order valence-corrected chi connectivity index (χ4v) is 3.40. The summed E-state index contributed by atoms with van der Waals surface area (Å²) < 4.78 is 0. The van der Waals surface area contributed by atoms with Crippen molar-refractivity contribution in [3.63, 3.8) is 0 Å². The standard InChI is InChI=1S/C13H23NO/c1-3-8-14-10(2)4-5-11-9-12(15)6-7-13(11)14/h10-11,13H,3-9H2,1-2H3. The summed E-state index contributed by atoms with van der Waals surface area (Å²) in [7, 11) is 0. The van der Waals surface area contributed by atoms with E-state index >= 15 is 0 Å². The Hall–Kier alpha value is -0.370. The van der Waals surface area contributed by atoms with Crippen molar-refractivity contribution < 1.29 is 4.79 Å². The van der Waals surface area contributed by atoms with Crippen LogP contribution in [0.2, 0.25) is 0 Å². The van der Waals surface area contributed by atoms with E-state index in [9.17, 15) is 4.79 Å². The number of carbonyl (C=O) groups excluding carboxylic acids is 1. The maximum absolute atomic E-state index is 11.4. The molecule has 0 N–H and O–H groups in total. The van der Waals surface area contributed by atoms with Gasteiger partial charge in [0.05, 0.1) is 0 Å². The van der Waals surface area contributed by atoms with Crippen molar-refractivity contribution in [3.05, 3.63) is 0 Å². The van der Waals surface area contributed by atoms with Crippen LogP contribution in [0.25, 0.3) is 0 Å². The van der Waals surface area contributed by atoms with Crippen LogP contribution in [0.15, 0.2) is 0 Å². The van der Waals surface area contributed by atoms with E-state index in [2.05, 4.69) is 18.7 Å². The Bertz CT molecular complexity index is 239. The van der Waals surface area contributed by atoms with E-state index in [1.165, 1.54) is 25.8 Å². The molecule has 2 fully saturated rings. The van der Waals surface area contributed by atoms with Crippen LogP contribution in [0.1, 0.15) is 52.4 Å². The Morgan fingerprint density at radius 1 is 1.33 bits per heavy atom. The summed E-state index contributed by atoms with van der Waals surface area (Å²) in [5.41, 5.74) is 0. The molecule has 0 amide bonds. The third-order valence-corrected chi connectivity index (χ3v) is 4.18. The second-order valence-corrected chi connectivity index (χ2v) is 5.27. The van der Waals surface area contributed by atoms with Crippen LogP contribution in [0.5, 0.6) is 0 Å². The minimum atomic E-state index is 0.502. The van der Waals surface area contributed by atoms with Crippen LogP contribution in [-0.2, 0) is 4.79 Å². The first-order chi connectivity index (χ1) is 7.22. The summed E-state index contributed by atoms with van der Waals surface area (Å²) in [5, 5.41) is 0. The highest BCUT2D eigenvalue weighted by atomic mass is 16.1. The lowest BCUT2D eigenvalue weighted by molar-refractivity contribution is -0.124. The summed E-state index contributed by atoms with van der Waals surface area (Å²) >= 11 is 0. The number of Topliss-reactive ketones (excluding diaryl/α,β-unsaturated/α-hetero) is 1. The highest BCUT2D eigenvalue weighted by molar-refractivity contribution is 5.79. The van der Waals surface area contributed by atoms with Gasteiger partial charge in [0.15, 0.2) is 0 Å². The Balaban J connectivity index is 2.05. The molecule has 1 aliphatic carbocycles. The molecule has 2 aliphatic rings. The molecule has 15 heavy (non-hydrogen) atoms. The average Bonchev–Trinajstić information content (AvgIpc) is 2.22. The fraction of sp³-hybridized carbons (Fsp3) is 0.923. The molecular weight excluding hydrogens is 186 g/mol. The molecule has 0 bridgehead atoms. The van der Waals surface area contributed by atoms with E-state index in [0.717, 1.165) is 25.3 Å². The van der Waals surface area contributed by atoms with Gasteiger partial charge in [-0.05, 0) is 45.1 Å². The SMILES string of the molecule is CCCN1C(C)CCC2CC(=O)CCC21. The van der Waals surface area contributed by atoms with Crippen molar-refractivity contribution in [1.82, 2.24) is 4.90 Å². The molecule has 2 nitrogen and oxygen atoms in total. The Kier molecular flexibility index (Phi) is 3.45. The molecule has 0 aromatic carbocycles. The smallest absolute Gasteiger partial charge is 0.133 e. The number of carbonyl (C=O) groups is 1. The van der Waals surface area contributed by atoms with E-state index in [0.29, 0.717) is 17.7 Å². The zero-order valence-electron chi connectivity index (χ0n) is 10.0. The van der Waals surface area contributed by atoms with E-state index < -0.39 is 0 Å². The van der Waals surface area contributed by atoms with Crippen LogP contribution >= 0.6 is 0 Å². The molecule has 1 saturated heterocycles. The lowest BCUT2D eigenvalue weighted by atomic mass is 9.76. The molecule has 1 aliphatic heterocycles. The minimum absolute atomic E-state index is 0.502. The van der Waals surface area contributed by atoms with Crippen LogP contribution in [0.4, 0.5) is 0 Å². The van der Waals surface area contributed by atoms with Gasteiger partial charge in [-0.25, -0.2) is 0 Å². The lowest BCUT2D eigenvalue weighted by Gasteiger charge is -2.47. The molecule has 0 spiro atoms. The fourth-order valence-electron chi connectivity index (χ4n) is 3.40. The van der Waals surface area contributed by atoms with Crippen LogP contribution < -0.4 is 0 Å². The molecule has 86 valence electrons. The summed E-state index contributed by atoms with van der Waals surface area (Å²) in [5.74, 6) is 1.18. The van der Waals surface area contributed by atoms with E-state index in [4.69, 9.17) is 0 Å². The third kappa shape index (κ3) is 2.25. The Labute approximate surface area is 93.0 Å². The molecule has 1 heterocycles. The van der Waals surface area contributed by atoms with Crippen molar-refractivity contribution in [1.29, 1.82) is 0 Å². The summed E-state index contributed by atoms with van der Waals surface area (Å²) in [6.45, 7) is 5.82. The molecular formula is C13H23NO. The van der Waals surface area contributed by atoms with E-state index in [1.807, 2.05) is 0 Å². The highest BCUT2D eigenvalue weighted by Gasteiger charge is 2.38.